The molecular weight excluding hydrogens is 357 g/mol. The summed E-state index contributed by atoms with van der Waals surface area (Å²) in [5, 5.41) is 2.95. The molecule has 1 N–H and O–H groups in total. The maximum Gasteiger partial charge on any atom is 0.224 e. The van der Waals surface area contributed by atoms with Crippen LogP contribution in [0.1, 0.15) is 12.0 Å². The number of hydrogen-bond donors (Lipinski definition) is 1. The number of carbonyl (C=O) groups excluding carboxylic acids is 1. The monoisotopic (exact) mass is 385 g/mol. The first-order valence-corrected chi connectivity index (χ1v) is 9.77. The third-order valence-electron chi connectivity index (χ3n) is 5.05. The van der Waals surface area contributed by atoms with E-state index in [1.807, 2.05) is 18.2 Å². The van der Waals surface area contributed by atoms with E-state index < -0.39 is 0 Å². The number of ether oxygens (including phenoxy) is 1. The number of carbonyl (C=O) groups is 1. The molecule has 1 saturated heterocycles. The van der Waals surface area contributed by atoms with Crippen LogP contribution in [0.3, 0.4) is 0 Å². The molecule has 2 aromatic carbocycles. The first-order chi connectivity index (χ1) is 13.7. The first-order valence-electron chi connectivity index (χ1n) is 9.77. The van der Waals surface area contributed by atoms with Crippen molar-refractivity contribution >= 4 is 11.6 Å². The minimum Gasteiger partial charge on any atom is -0.495 e. The fraction of sp³-hybridized carbons (Fsp3) is 0.409. The second kappa shape index (κ2) is 10.1. The number of nitrogens with one attached hydrogen (secondary N) is 1. The van der Waals surface area contributed by atoms with Gasteiger partial charge in [0, 0.05) is 32.7 Å². The summed E-state index contributed by atoms with van der Waals surface area (Å²) in [6, 6.07) is 14.2. The Balaban J connectivity index is 1.33. The van der Waals surface area contributed by atoms with Crippen molar-refractivity contribution in [1.29, 1.82) is 0 Å². The highest BCUT2D eigenvalue weighted by Crippen LogP contribution is 2.28. The van der Waals surface area contributed by atoms with Gasteiger partial charge in [0.2, 0.25) is 5.91 Å². The highest BCUT2D eigenvalue weighted by Gasteiger charge is 2.19. The Morgan fingerprint density at radius 2 is 1.79 bits per heavy atom. The Morgan fingerprint density at radius 3 is 2.50 bits per heavy atom. The summed E-state index contributed by atoms with van der Waals surface area (Å²) in [5.74, 6) is 0.613. The SMILES string of the molecule is COc1ccccc1N1CCN(CCCNC(=O)Cc2ccc(F)cc2)CC1. The van der Waals surface area contributed by atoms with E-state index in [9.17, 15) is 9.18 Å². The number of methoxy groups -OCH3 is 1. The third-order valence-corrected chi connectivity index (χ3v) is 5.05. The molecule has 1 amide bonds. The van der Waals surface area contributed by atoms with E-state index >= 15 is 0 Å². The van der Waals surface area contributed by atoms with Crippen LogP contribution in [0.5, 0.6) is 5.75 Å². The van der Waals surface area contributed by atoms with Crippen molar-refractivity contribution in [1.82, 2.24) is 10.2 Å². The van der Waals surface area contributed by atoms with Crippen molar-refractivity contribution in [3.8, 4) is 5.75 Å². The molecule has 0 atom stereocenters. The van der Waals surface area contributed by atoms with E-state index in [1.165, 1.54) is 12.1 Å². The van der Waals surface area contributed by atoms with Gasteiger partial charge in [0.25, 0.3) is 0 Å². The Bertz CT molecular complexity index is 759. The Labute approximate surface area is 166 Å². The number of benzene rings is 2. The van der Waals surface area contributed by atoms with Gasteiger partial charge in [-0.1, -0.05) is 24.3 Å². The average molecular weight is 385 g/mol. The van der Waals surface area contributed by atoms with Crippen LogP contribution in [0, 0.1) is 5.82 Å². The van der Waals surface area contributed by atoms with Gasteiger partial charge in [0.15, 0.2) is 0 Å². The van der Waals surface area contributed by atoms with Crippen LogP contribution in [0.2, 0.25) is 0 Å². The molecule has 3 rings (SSSR count). The predicted octanol–water partition coefficient (Wildman–Crippen LogP) is 2.71. The van der Waals surface area contributed by atoms with Gasteiger partial charge in [0.1, 0.15) is 11.6 Å². The number of piperazine rings is 1. The molecule has 0 radical (unpaired) electrons. The molecule has 1 aliphatic rings. The van der Waals surface area contributed by atoms with Crippen LogP contribution >= 0.6 is 0 Å². The van der Waals surface area contributed by atoms with Crippen LogP contribution in [0.15, 0.2) is 48.5 Å². The minimum atomic E-state index is -0.282. The minimum absolute atomic E-state index is 0.0207. The van der Waals surface area contributed by atoms with E-state index in [-0.39, 0.29) is 18.1 Å². The standard InChI is InChI=1S/C22H28FN3O2/c1-28-21-6-3-2-5-20(21)26-15-13-25(14-16-26)12-4-11-24-22(27)17-18-7-9-19(23)10-8-18/h2-3,5-10H,4,11-17H2,1H3,(H,24,27). The number of para-hydroxylation sites is 2. The molecule has 5 nitrogen and oxygen atoms in total. The molecule has 0 unspecified atom stereocenters. The fourth-order valence-electron chi connectivity index (χ4n) is 3.48. The zero-order valence-corrected chi connectivity index (χ0v) is 16.4. The maximum absolute atomic E-state index is 12.9. The normalized spacial score (nSPS) is 14.7. The maximum atomic E-state index is 12.9. The van der Waals surface area contributed by atoms with Crippen LogP contribution in [-0.4, -0.2) is 57.2 Å². The molecule has 1 fully saturated rings. The summed E-state index contributed by atoms with van der Waals surface area (Å²) in [6.07, 6.45) is 1.21. The lowest BCUT2D eigenvalue weighted by Gasteiger charge is -2.36. The van der Waals surface area contributed by atoms with E-state index in [4.69, 9.17) is 4.74 Å². The molecule has 0 aliphatic carbocycles. The van der Waals surface area contributed by atoms with E-state index in [1.54, 1.807) is 19.2 Å². The van der Waals surface area contributed by atoms with Crippen molar-refractivity contribution in [3.05, 3.63) is 59.9 Å². The molecule has 1 aliphatic heterocycles. The van der Waals surface area contributed by atoms with Crippen molar-refractivity contribution < 1.29 is 13.9 Å². The van der Waals surface area contributed by atoms with Gasteiger partial charge < -0.3 is 15.0 Å². The van der Waals surface area contributed by atoms with Crippen LogP contribution in [0.25, 0.3) is 0 Å². The Morgan fingerprint density at radius 1 is 1.07 bits per heavy atom. The topological polar surface area (TPSA) is 44.8 Å². The van der Waals surface area contributed by atoms with Gasteiger partial charge in [-0.25, -0.2) is 4.39 Å². The zero-order chi connectivity index (χ0) is 19.8. The predicted molar refractivity (Wildman–Crippen MR) is 109 cm³/mol. The highest BCUT2D eigenvalue weighted by molar-refractivity contribution is 5.78. The fourth-order valence-corrected chi connectivity index (χ4v) is 3.48. The lowest BCUT2D eigenvalue weighted by atomic mass is 10.1. The lowest BCUT2D eigenvalue weighted by Crippen LogP contribution is -2.47. The van der Waals surface area contributed by atoms with Gasteiger partial charge in [-0.3, -0.25) is 9.69 Å². The summed E-state index contributed by atoms with van der Waals surface area (Å²) in [7, 11) is 1.71. The average Bonchev–Trinajstić information content (AvgIpc) is 2.73. The third kappa shape index (κ3) is 5.70. The Kier molecular flexibility index (Phi) is 7.25. The van der Waals surface area contributed by atoms with Gasteiger partial charge in [-0.05, 0) is 42.8 Å². The molecule has 0 aromatic heterocycles. The molecule has 150 valence electrons. The molecule has 0 bridgehead atoms. The Hall–Kier alpha value is -2.60. The number of halogens is 1. The quantitative estimate of drug-likeness (QED) is 0.710. The summed E-state index contributed by atoms with van der Waals surface area (Å²) >= 11 is 0. The molecule has 1 heterocycles. The zero-order valence-electron chi connectivity index (χ0n) is 16.4. The second-order valence-corrected chi connectivity index (χ2v) is 7.01. The summed E-state index contributed by atoms with van der Waals surface area (Å²) in [6.45, 7) is 5.57. The summed E-state index contributed by atoms with van der Waals surface area (Å²) in [5.41, 5.74) is 1.98. The van der Waals surface area contributed by atoms with Gasteiger partial charge in [-0.15, -0.1) is 0 Å². The van der Waals surface area contributed by atoms with Crippen molar-refractivity contribution in [2.24, 2.45) is 0 Å². The van der Waals surface area contributed by atoms with Crippen molar-refractivity contribution in [3.63, 3.8) is 0 Å². The second-order valence-electron chi connectivity index (χ2n) is 7.01. The number of rotatable bonds is 8. The smallest absolute Gasteiger partial charge is 0.224 e. The molecule has 2 aromatic rings. The van der Waals surface area contributed by atoms with E-state index in [0.29, 0.717) is 6.54 Å². The van der Waals surface area contributed by atoms with Crippen LogP contribution in [0.4, 0.5) is 10.1 Å². The van der Waals surface area contributed by atoms with Gasteiger partial charge >= 0.3 is 0 Å². The number of amides is 1. The largest absolute Gasteiger partial charge is 0.495 e. The number of hydrogen-bond acceptors (Lipinski definition) is 4. The molecule has 0 spiro atoms. The first kappa shape index (κ1) is 20.1. The van der Waals surface area contributed by atoms with E-state index in [2.05, 4.69) is 21.2 Å². The van der Waals surface area contributed by atoms with Gasteiger partial charge in [0.05, 0.1) is 19.2 Å². The molecular formula is C22H28FN3O2. The van der Waals surface area contributed by atoms with Gasteiger partial charge in [-0.2, -0.15) is 0 Å². The molecule has 28 heavy (non-hydrogen) atoms. The summed E-state index contributed by atoms with van der Waals surface area (Å²) in [4.78, 5) is 16.8. The van der Waals surface area contributed by atoms with Crippen molar-refractivity contribution in [2.45, 2.75) is 12.8 Å². The van der Waals surface area contributed by atoms with E-state index in [0.717, 1.165) is 56.1 Å². The number of anilines is 1. The van der Waals surface area contributed by atoms with Crippen molar-refractivity contribution in [2.75, 3.05) is 51.3 Å². The summed E-state index contributed by atoms with van der Waals surface area (Å²) < 4.78 is 18.4. The van der Waals surface area contributed by atoms with Crippen LogP contribution in [-0.2, 0) is 11.2 Å². The highest BCUT2D eigenvalue weighted by atomic mass is 19.1. The molecule has 0 saturated carbocycles. The lowest BCUT2D eigenvalue weighted by molar-refractivity contribution is -0.120. The number of nitrogens with zero attached hydrogens (tertiary/aromatic N) is 2. The van der Waals surface area contributed by atoms with Crippen LogP contribution < -0.4 is 15.0 Å². The molecule has 6 heteroatoms.